The van der Waals surface area contributed by atoms with Gasteiger partial charge in [-0.3, -0.25) is 14.4 Å². The van der Waals surface area contributed by atoms with Crippen LogP contribution in [0.15, 0.2) is 12.1 Å². The summed E-state index contributed by atoms with van der Waals surface area (Å²) in [5.41, 5.74) is -2.69. The zero-order chi connectivity index (χ0) is 31.0. The van der Waals surface area contributed by atoms with Gasteiger partial charge in [0, 0.05) is 18.7 Å². The van der Waals surface area contributed by atoms with Crippen LogP contribution in [0.5, 0.6) is 11.5 Å². The average Bonchev–Trinajstić information content (AvgIpc) is 3.54. The van der Waals surface area contributed by atoms with Crippen LogP contribution >= 0.6 is 0 Å². The van der Waals surface area contributed by atoms with E-state index in [1.54, 1.807) is 6.92 Å². The summed E-state index contributed by atoms with van der Waals surface area (Å²) in [6.07, 6.45) is -0.819. The normalized spacial score (nSPS) is 29.0. The fourth-order valence-corrected chi connectivity index (χ4v) is 6.46. The zero-order valence-electron chi connectivity index (χ0n) is 24.3. The molecule has 0 spiro atoms. The lowest BCUT2D eigenvalue weighted by Crippen LogP contribution is -2.52. The standard InChI is InChI=1S/C30H38F3N3O6/c1-28(2,30(31,32)33)15-35-26(38)23-16-5-6-17(11-16)24(23)36-25(37)20-13-21(18(14-34)12-22(20)41-4)42-19-7-9-29(3,10-8-19)27(39)40/h12-13,16-17,19,23-24H,5-11,15H2,1-4H3,(H,35,38)(H,36,37)(H,39,40)/t16-,17+,19?,23+,24-,29?/m1/s1. The van der Waals surface area contributed by atoms with Crippen LogP contribution in [0.4, 0.5) is 13.2 Å². The number of halogens is 3. The minimum atomic E-state index is -4.48. The smallest absolute Gasteiger partial charge is 0.395 e. The number of alkyl halides is 3. The summed E-state index contributed by atoms with van der Waals surface area (Å²) in [6, 6.07) is 4.31. The van der Waals surface area contributed by atoms with E-state index < -0.39 is 53.3 Å². The van der Waals surface area contributed by atoms with Crippen LogP contribution in [-0.4, -0.2) is 54.9 Å². The lowest BCUT2D eigenvalue weighted by atomic mass is 9.75. The van der Waals surface area contributed by atoms with Gasteiger partial charge in [-0.15, -0.1) is 0 Å². The summed E-state index contributed by atoms with van der Waals surface area (Å²) in [4.78, 5) is 38.4. The van der Waals surface area contributed by atoms with E-state index in [4.69, 9.17) is 9.47 Å². The van der Waals surface area contributed by atoms with Crippen molar-refractivity contribution < 1.29 is 42.1 Å². The minimum absolute atomic E-state index is 0.0104. The second-order valence-electron chi connectivity index (χ2n) is 12.8. The lowest BCUT2D eigenvalue weighted by Gasteiger charge is -2.34. The molecule has 3 aliphatic rings. The zero-order valence-corrected chi connectivity index (χ0v) is 24.3. The number of nitrogens with zero attached hydrogens (tertiary/aromatic N) is 1. The molecule has 0 aromatic heterocycles. The molecule has 2 amide bonds. The van der Waals surface area contributed by atoms with Crippen molar-refractivity contribution in [2.45, 2.75) is 84.0 Å². The first-order valence-electron chi connectivity index (χ1n) is 14.3. The topological polar surface area (TPSA) is 138 Å². The maximum atomic E-state index is 13.6. The molecule has 3 fully saturated rings. The summed E-state index contributed by atoms with van der Waals surface area (Å²) in [6.45, 7) is 3.19. The first kappa shape index (κ1) is 31.4. The van der Waals surface area contributed by atoms with Gasteiger partial charge in [-0.05, 0) is 83.6 Å². The SMILES string of the molecule is COc1cc(C#N)c(OC2CCC(C)(C(=O)O)CC2)cc1C(=O)N[C@@H]1[C@H]2CC[C@H](C2)[C@@H]1C(=O)NCC(C)(C)C(F)(F)F. The van der Waals surface area contributed by atoms with E-state index >= 15 is 0 Å². The number of rotatable bonds is 9. The predicted molar refractivity (Wildman–Crippen MR) is 145 cm³/mol. The highest BCUT2D eigenvalue weighted by molar-refractivity contribution is 5.98. The van der Waals surface area contributed by atoms with Gasteiger partial charge < -0.3 is 25.2 Å². The Morgan fingerprint density at radius 1 is 1.10 bits per heavy atom. The Balaban J connectivity index is 1.51. The number of carbonyl (C=O) groups excluding carboxylic acids is 2. The molecular formula is C30H38F3N3O6. The van der Waals surface area contributed by atoms with Crippen molar-refractivity contribution in [3.05, 3.63) is 23.3 Å². The second kappa shape index (κ2) is 11.7. The molecule has 4 rings (SSSR count). The molecule has 2 bridgehead atoms. The van der Waals surface area contributed by atoms with Crippen molar-refractivity contribution in [3.8, 4) is 17.6 Å². The Morgan fingerprint density at radius 3 is 2.31 bits per heavy atom. The van der Waals surface area contributed by atoms with Gasteiger partial charge in [0.15, 0.2) is 0 Å². The van der Waals surface area contributed by atoms with Crippen LogP contribution in [0.2, 0.25) is 0 Å². The molecule has 4 atom stereocenters. The van der Waals surface area contributed by atoms with E-state index in [0.717, 1.165) is 26.7 Å². The van der Waals surface area contributed by atoms with Gasteiger partial charge >= 0.3 is 12.1 Å². The molecule has 1 aromatic rings. The fourth-order valence-electron chi connectivity index (χ4n) is 6.46. The van der Waals surface area contributed by atoms with Crippen molar-refractivity contribution >= 4 is 17.8 Å². The number of aliphatic carboxylic acids is 1. The number of fused-ring (bicyclic) bond motifs is 2. The molecular weight excluding hydrogens is 555 g/mol. The van der Waals surface area contributed by atoms with Crippen LogP contribution in [0, 0.1) is 39.9 Å². The molecule has 9 nitrogen and oxygen atoms in total. The van der Waals surface area contributed by atoms with E-state index in [-0.39, 0.29) is 40.6 Å². The van der Waals surface area contributed by atoms with Crippen LogP contribution in [-0.2, 0) is 9.59 Å². The van der Waals surface area contributed by atoms with E-state index in [0.29, 0.717) is 32.1 Å². The number of nitriles is 1. The van der Waals surface area contributed by atoms with E-state index in [2.05, 4.69) is 16.7 Å². The van der Waals surface area contributed by atoms with Gasteiger partial charge in [0.05, 0.1) is 41.1 Å². The number of methoxy groups -OCH3 is 1. The van der Waals surface area contributed by atoms with Gasteiger partial charge in [-0.25, -0.2) is 0 Å². The molecule has 230 valence electrons. The third kappa shape index (κ3) is 6.15. The van der Waals surface area contributed by atoms with E-state index in [1.807, 2.05) is 0 Å². The number of carbonyl (C=O) groups is 3. The number of carboxylic acid groups (broad SMARTS) is 1. The third-order valence-electron chi connectivity index (χ3n) is 9.50. The highest BCUT2D eigenvalue weighted by Gasteiger charge is 2.53. The summed E-state index contributed by atoms with van der Waals surface area (Å²) < 4.78 is 51.5. The maximum Gasteiger partial charge on any atom is 0.395 e. The molecule has 0 saturated heterocycles. The third-order valence-corrected chi connectivity index (χ3v) is 9.50. The predicted octanol–water partition coefficient (Wildman–Crippen LogP) is 4.83. The quantitative estimate of drug-likeness (QED) is 0.373. The van der Waals surface area contributed by atoms with Crippen molar-refractivity contribution in [2.24, 2.45) is 28.6 Å². The highest BCUT2D eigenvalue weighted by Crippen LogP contribution is 2.49. The van der Waals surface area contributed by atoms with Crippen LogP contribution in [0.25, 0.3) is 0 Å². The van der Waals surface area contributed by atoms with Crippen LogP contribution in [0.3, 0.4) is 0 Å². The summed E-state index contributed by atoms with van der Waals surface area (Å²) in [5.74, 6) is -2.31. The number of benzene rings is 1. The number of nitrogens with one attached hydrogen (secondary N) is 2. The summed E-state index contributed by atoms with van der Waals surface area (Å²) in [5, 5.41) is 24.7. The molecule has 12 heteroatoms. The van der Waals surface area contributed by atoms with Gasteiger partial charge in [0.2, 0.25) is 5.91 Å². The number of hydrogen-bond acceptors (Lipinski definition) is 6. The van der Waals surface area contributed by atoms with Crippen molar-refractivity contribution in [3.63, 3.8) is 0 Å². The van der Waals surface area contributed by atoms with Crippen LogP contribution in [0.1, 0.15) is 81.6 Å². The Kier molecular flexibility index (Phi) is 8.72. The average molecular weight is 594 g/mol. The maximum absolute atomic E-state index is 13.6. The summed E-state index contributed by atoms with van der Waals surface area (Å²) >= 11 is 0. The molecule has 0 unspecified atom stereocenters. The Bertz CT molecular complexity index is 1270. The Morgan fingerprint density at radius 2 is 1.74 bits per heavy atom. The number of amides is 2. The number of ether oxygens (including phenoxy) is 2. The van der Waals surface area contributed by atoms with Crippen molar-refractivity contribution in [1.82, 2.24) is 10.6 Å². The molecule has 0 radical (unpaired) electrons. The van der Waals surface area contributed by atoms with Gasteiger partial charge in [-0.1, -0.05) is 0 Å². The molecule has 3 saturated carbocycles. The lowest BCUT2D eigenvalue weighted by molar-refractivity contribution is -0.209. The van der Waals surface area contributed by atoms with Gasteiger partial charge in [-0.2, -0.15) is 18.4 Å². The second-order valence-corrected chi connectivity index (χ2v) is 12.8. The first-order valence-corrected chi connectivity index (χ1v) is 14.3. The number of carboxylic acids is 1. The van der Waals surface area contributed by atoms with E-state index in [9.17, 15) is 37.9 Å². The molecule has 0 aliphatic heterocycles. The minimum Gasteiger partial charge on any atom is -0.496 e. The Hall–Kier alpha value is -3.49. The van der Waals surface area contributed by atoms with Crippen LogP contribution < -0.4 is 20.1 Å². The van der Waals surface area contributed by atoms with Crippen molar-refractivity contribution in [1.29, 1.82) is 5.26 Å². The molecule has 3 N–H and O–H groups in total. The molecule has 3 aliphatic carbocycles. The molecule has 42 heavy (non-hydrogen) atoms. The highest BCUT2D eigenvalue weighted by atomic mass is 19.4. The summed E-state index contributed by atoms with van der Waals surface area (Å²) in [7, 11) is 1.36. The van der Waals surface area contributed by atoms with Gasteiger partial charge in [0.1, 0.15) is 17.6 Å². The number of hydrogen-bond donors (Lipinski definition) is 3. The molecule has 1 aromatic carbocycles. The first-order chi connectivity index (χ1) is 19.6. The van der Waals surface area contributed by atoms with E-state index in [1.165, 1.54) is 19.2 Å². The van der Waals surface area contributed by atoms with Gasteiger partial charge in [0.25, 0.3) is 5.91 Å². The molecule has 0 heterocycles. The fraction of sp³-hybridized carbons (Fsp3) is 0.667. The monoisotopic (exact) mass is 593 g/mol. The van der Waals surface area contributed by atoms with Crippen molar-refractivity contribution in [2.75, 3.05) is 13.7 Å². The Labute approximate surface area is 243 Å². The largest absolute Gasteiger partial charge is 0.496 e.